The van der Waals surface area contributed by atoms with E-state index in [1.54, 1.807) is 0 Å². The van der Waals surface area contributed by atoms with Crippen LogP contribution < -0.4 is 10.6 Å². The van der Waals surface area contributed by atoms with E-state index in [2.05, 4.69) is 48.7 Å². The van der Waals surface area contributed by atoms with Crippen LogP contribution in [0.5, 0.6) is 0 Å². The summed E-state index contributed by atoms with van der Waals surface area (Å²) in [7, 11) is 3.92. The number of hydrogen-bond acceptors (Lipinski definition) is 2. The first-order valence-corrected chi connectivity index (χ1v) is 5.67. The van der Waals surface area contributed by atoms with E-state index in [0.717, 1.165) is 0 Å². The quantitative estimate of drug-likeness (QED) is 0.724. The molecule has 1 aromatic rings. The Morgan fingerprint density at radius 1 is 1.00 bits per heavy atom. The summed E-state index contributed by atoms with van der Waals surface area (Å²) in [6.45, 7) is 4.49. The van der Waals surface area contributed by atoms with E-state index in [1.165, 1.54) is 17.5 Å². The van der Waals surface area contributed by atoms with Crippen LogP contribution >= 0.6 is 0 Å². The van der Waals surface area contributed by atoms with Crippen LogP contribution in [0.15, 0.2) is 24.3 Å². The third kappa shape index (κ3) is 3.05. The largest absolute Gasteiger partial charge is 0.301 e. The molecule has 0 aliphatic carbocycles. The van der Waals surface area contributed by atoms with Crippen molar-refractivity contribution in [3.8, 4) is 0 Å². The smallest absolute Gasteiger partial charge is 0.0830 e. The molecule has 0 bridgehead atoms. The van der Waals surface area contributed by atoms with Gasteiger partial charge in [-0.2, -0.15) is 0 Å². The Bertz CT molecular complexity index is 275. The van der Waals surface area contributed by atoms with Crippen LogP contribution in [0.2, 0.25) is 0 Å². The van der Waals surface area contributed by atoms with Crippen molar-refractivity contribution in [1.29, 1.82) is 0 Å². The van der Waals surface area contributed by atoms with Gasteiger partial charge in [0.05, 0.1) is 6.17 Å². The standard InChI is InChI=1S/C13H22N2/c1-5-10(2)11-6-8-12(9-7-11)13(14-3)15-4/h6-10,13-15H,5H2,1-4H3. The number of nitrogens with one attached hydrogen (secondary N) is 2. The molecular formula is C13H22N2. The van der Waals surface area contributed by atoms with E-state index >= 15 is 0 Å². The first kappa shape index (κ1) is 12.2. The Balaban J connectivity index is 2.79. The molecule has 0 spiro atoms. The average Bonchev–Trinajstić information content (AvgIpc) is 2.30. The molecule has 1 unspecified atom stereocenters. The fraction of sp³-hybridized carbons (Fsp3) is 0.538. The predicted molar refractivity (Wildman–Crippen MR) is 66.0 cm³/mol. The molecule has 0 heterocycles. The molecule has 1 rings (SSSR count). The third-order valence-corrected chi connectivity index (χ3v) is 3.03. The maximum Gasteiger partial charge on any atom is 0.0830 e. The van der Waals surface area contributed by atoms with Crippen molar-refractivity contribution >= 4 is 0 Å². The lowest BCUT2D eigenvalue weighted by Crippen LogP contribution is -2.28. The van der Waals surface area contributed by atoms with Gasteiger partial charge in [-0.1, -0.05) is 38.1 Å². The van der Waals surface area contributed by atoms with Crippen molar-refractivity contribution in [2.75, 3.05) is 14.1 Å². The minimum absolute atomic E-state index is 0.246. The second-order valence-electron chi connectivity index (χ2n) is 3.99. The van der Waals surface area contributed by atoms with Gasteiger partial charge in [-0.3, -0.25) is 0 Å². The fourth-order valence-corrected chi connectivity index (χ4v) is 1.73. The molecule has 0 saturated carbocycles. The van der Waals surface area contributed by atoms with E-state index in [9.17, 15) is 0 Å². The predicted octanol–water partition coefficient (Wildman–Crippen LogP) is 2.64. The van der Waals surface area contributed by atoms with Crippen molar-refractivity contribution in [2.45, 2.75) is 32.4 Å². The van der Waals surface area contributed by atoms with E-state index in [1.807, 2.05) is 14.1 Å². The monoisotopic (exact) mass is 206 g/mol. The van der Waals surface area contributed by atoms with Gasteiger partial charge in [-0.25, -0.2) is 0 Å². The summed E-state index contributed by atoms with van der Waals surface area (Å²) in [5, 5.41) is 6.44. The van der Waals surface area contributed by atoms with Gasteiger partial charge < -0.3 is 10.6 Å². The number of hydrogen-bond donors (Lipinski definition) is 2. The summed E-state index contributed by atoms with van der Waals surface area (Å²) in [4.78, 5) is 0. The molecule has 84 valence electrons. The third-order valence-electron chi connectivity index (χ3n) is 3.03. The van der Waals surface area contributed by atoms with Gasteiger partial charge in [0, 0.05) is 0 Å². The summed E-state index contributed by atoms with van der Waals surface area (Å²) in [6.07, 6.45) is 1.44. The topological polar surface area (TPSA) is 24.1 Å². The van der Waals surface area contributed by atoms with E-state index in [0.29, 0.717) is 5.92 Å². The van der Waals surface area contributed by atoms with Crippen LogP contribution in [0.1, 0.15) is 43.5 Å². The molecule has 0 aliphatic rings. The van der Waals surface area contributed by atoms with Gasteiger partial charge in [0.25, 0.3) is 0 Å². The van der Waals surface area contributed by atoms with E-state index < -0.39 is 0 Å². The van der Waals surface area contributed by atoms with Crippen molar-refractivity contribution in [3.63, 3.8) is 0 Å². The summed E-state index contributed by atoms with van der Waals surface area (Å²) < 4.78 is 0. The van der Waals surface area contributed by atoms with Gasteiger partial charge in [0.2, 0.25) is 0 Å². The maximum absolute atomic E-state index is 3.22. The zero-order valence-corrected chi connectivity index (χ0v) is 10.2. The average molecular weight is 206 g/mol. The molecule has 2 nitrogen and oxygen atoms in total. The van der Waals surface area contributed by atoms with Gasteiger partial charge in [0.1, 0.15) is 0 Å². The molecule has 0 aromatic heterocycles. The molecule has 2 heteroatoms. The van der Waals surface area contributed by atoms with Gasteiger partial charge in [-0.15, -0.1) is 0 Å². The van der Waals surface area contributed by atoms with E-state index in [-0.39, 0.29) is 6.17 Å². The minimum atomic E-state index is 0.246. The molecule has 15 heavy (non-hydrogen) atoms. The molecule has 1 aromatic carbocycles. The highest BCUT2D eigenvalue weighted by Gasteiger charge is 2.07. The molecule has 1 atom stereocenters. The molecule has 0 saturated heterocycles. The summed E-state index contributed by atoms with van der Waals surface area (Å²) >= 11 is 0. The second-order valence-corrected chi connectivity index (χ2v) is 3.99. The first-order chi connectivity index (χ1) is 7.22. The Hall–Kier alpha value is -0.860. The zero-order chi connectivity index (χ0) is 11.3. The number of rotatable bonds is 5. The van der Waals surface area contributed by atoms with Crippen molar-refractivity contribution in [1.82, 2.24) is 10.6 Å². The highest BCUT2D eigenvalue weighted by molar-refractivity contribution is 5.26. The summed E-state index contributed by atoms with van der Waals surface area (Å²) in [6, 6.07) is 8.84. The van der Waals surface area contributed by atoms with Crippen LogP contribution in [0.3, 0.4) is 0 Å². The maximum atomic E-state index is 3.22. The normalized spacial score (nSPS) is 13.1. The lowest BCUT2D eigenvalue weighted by Gasteiger charge is -2.17. The van der Waals surface area contributed by atoms with Crippen LogP contribution in [-0.2, 0) is 0 Å². The van der Waals surface area contributed by atoms with Crippen LogP contribution in [0.25, 0.3) is 0 Å². The van der Waals surface area contributed by atoms with E-state index in [4.69, 9.17) is 0 Å². The molecule has 0 radical (unpaired) electrons. The number of benzene rings is 1. The van der Waals surface area contributed by atoms with Crippen LogP contribution in [0, 0.1) is 0 Å². The lowest BCUT2D eigenvalue weighted by molar-refractivity contribution is 0.519. The summed E-state index contributed by atoms with van der Waals surface area (Å²) in [5.41, 5.74) is 2.71. The van der Waals surface area contributed by atoms with Crippen molar-refractivity contribution in [3.05, 3.63) is 35.4 Å². The Morgan fingerprint density at radius 2 is 1.47 bits per heavy atom. The van der Waals surface area contributed by atoms with Gasteiger partial charge in [0.15, 0.2) is 0 Å². The van der Waals surface area contributed by atoms with Crippen LogP contribution in [0.4, 0.5) is 0 Å². The highest BCUT2D eigenvalue weighted by Crippen LogP contribution is 2.20. The minimum Gasteiger partial charge on any atom is -0.301 e. The Kier molecular flexibility index (Phi) is 4.79. The molecule has 2 N–H and O–H groups in total. The van der Waals surface area contributed by atoms with Crippen molar-refractivity contribution in [2.24, 2.45) is 0 Å². The summed E-state index contributed by atoms with van der Waals surface area (Å²) in [5.74, 6) is 0.654. The van der Waals surface area contributed by atoms with Crippen molar-refractivity contribution < 1.29 is 0 Å². The van der Waals surface area contributed by atoms with Crippen LogP contribution in [-0.4, -0.2) is 14.1 Å². The molecule has 0 fully saturated rings. The zero-order valence-electron chi connectivity index (χ0n) is 10.2. The first-order valence-electron chi connectivity index (χ1n) is 5.67. The van der Waals surface area contributed by atoms with Gasteiger partial charge in [-0.05, 0) is 37.6 Å². The highest BCUT2D eigenvalue weighted by atomic mass is 15.1. The van der Waals surface area contributed by atoms with Gasteiger partial charge >= 0.3 is 0 Å². The Morgan fingerprint density at radius 3 is 1.87 bits per heavy atom. The fourth-order valence-electron chi connectivity index (χ4n) is 1.73. The Labute approximate surface area is 93.1 Å². The second kappa shape index (κ2) is 5.89. The molecular weight excluding hydrogens is 184 g/mol. The lowest BCUT2D eigenvalue weighted by atomic mass is 9.97. The molecule has 0 amide bonds. The molecule has 0 aliphatic heterocycles. The SMILES string of the molecule is CCC(C)c1ccc(C(NC)NC)cc1.